The Morgan fingerprint density at radius 3 is 2.94 bits per heavy atom. The number of aryl methyl sites for hydroxylation is 1. The number of H-pyrrole nitrogens is 1. The van der Waals surface area contributed by atoms with Crippen molar-refractivity contribution >= 4 is 23.4 Å². The molecule has 0 unspecified atom stereocenters. The van der Waals surface area contributed by atoms with Gasteiger partial charge in [-0.15, -0.1) is 5.10 Å². The fraction of sp³-hybridized carbons (Fsp3) is 0.250. The Morgan fingerprint density at radius 1 is 1.56 bits per heavy atom. The smallest absolute Gasteiger partial charge is 0.273 e. The number of rotatable bonds is 2. The molecule has 0 atom stereocenters. The molecule has 84 valence electrons. The van der Waals surface area contributed by atoms with Crippen molar-refractivity contribution in [2.75, 3.05) is 0 Å². The van der Waals surface area contributed by atoms with Crippen molar-refractivity contribution in [3.05, 3.63) is 27.5 Å². The largest absolute Gasteiger partial charge is 0.343 e. The van der Waals surface area contributed by atoms with Gasteiger partial charge in [0.2, 0.25) is 5.28 Å². The Kier molecular flexibility index (Phi) is 2.97. The van der Waals surface area contributed by atoms with Crippen LogP contribution in [0.3, 0.4) is 0 Å². The first-order chi connectivity index (χ1) is 7.58. The van der Waals surface area contributed by atoms with Gasteiger partial charge in [0, 0.05) is 18.8 Å². The van der Waals surface area contributed by atoms with Crippen LogP contribution in [-0.2, 0) is 7.05 Å². The maximum Gasteiger partial charge on any atom is 0.343 e. The van der Waals surface area contributed by atoms with E-state index in [9.17, 15) is 4.79 Å². The molecule has 0 fully saturated rings. The summed E-state index contributed by atoms with van der Waals surface area (Å²) in [7, 11) is 1.63. The third-order valence-corrected chi connectivity index (χ3v) is 3.26. The predicted molar refractivity (Wildman–Crippen MR) is 59.7 cm³/mol. The van der Waals surface area contributed by atoms with Gasteiger partial charge in [0.25, 0.3) is 0 Å². The molecule has 0 bridgehead atoms. The lowest BCUT2D eigenvalue weighted by Crippen LogP contribution is -2.12. The number of hydrogen-bond acceptors (Lipinski definition) is 5. The van der Waals surface area contributed by atoms with Gasteiger partial charge in [0.1, 0.15) is 5.03 Å². The topological polar surface area (TPSA) is 76.5 Å². The number of nitrogens with zero attached hydrogens (tertiary/aromatic N) is 4. The minimum Gasteiger partial charge on any atom is -0.273 e. The average Bonchev–Trinajstić information content (AvgIpc) is 2.55. The Balaban J connectivity index is 2.37. The molecule has 0 aliphatic rings. The Bertz CT molecular complexity index is 578. The van der Waals surface area contributed by atoms with Gasteiger partial charge in [-0.25, -0.2) is 19.9 Å². The molecule has 0 amide bonds. The molecule has 0 spiro atoms. The highest BCUT2D eigenvalue weighted by atomic mass is 35.5. The molecule has 2 aromatic heterocycles. The van der Waals surface area contributed by atoms with Gasteiger partial charge < -0.3 is 0 Å². The fourth-order valence-electron chi connectivity index (χ4n) is 1.02. The van der Waals surface area contributed by atoms with E-state index < -0.39 is 0 Å². The number of halogens is 1. The fourth-order valence-corrected chi connectivity index (χ4v) is 2.03. The maximum atomic E-state index is 11.2. The van der Waals surface area contributed by atoms with E-state index in [2.05, 4.69) is 20.2 Å². The molecule has 2 rings (SSSR count). The second-order valence-corrected chi connectivity index (χ2v) is 4.39. The molecule has 6 nitrogen and oxygen atoms in total. The van der Waals surface area contributed by atoms with Crippen LogP contribution in [0.15, 0.2) is 21.2 Å². The zero-order valence-electron chi connectivity index (χ0n) is 8.56. The number of aromatic nitrogens is 5. The van der Waals surface area contributed by atoms with Crippen molar-refractivity contribution in [2.45, 2.75) is 17.1 Å². The standard InChI is InChI=1S/C8H8ClN5OS/c1-4-3-10-6(9)11-5(4)16-8-13-12-7(15)14(8)2/h3H,1-2H3,(H,12,15). The van der Waals surface area contributed by atoms with Crippen molar-refractivity contribution in [3.63, 3.8) is 0 Å². The van der Waals surface area contributed by atoms with Gasteiger partial charge in [0.15, 0.2) is 5.16 Å². The minimum atomic E-state index is -0.264. The van der Waals surface area contributed by atoms with E-state index in [0.29, 0.717) is 10.2 Å². The highest BCUT2D eigenvalue weighted by Gasteiger charge is 2.10. The van der Waals surface area contributed by atoms with Crippen LogP contribution in [-0.4, -0.2) is 24.7 Å². The summed E-state index contributed by atoms with van der Waals surface area (Å²) in [4.78, 5) is 19.1. The van der Waals surface area contributed by atoms with Gasteiger partial charge >= 0.3 is 5.69 Å². The van der Waals surface area contributed by atoms with E-state index in [1.54, 1.807) is 13.2 Å². The van der Waals surface area contributed by atoms with Gasteiger partial charge in [-0.2, -0.15) is 0 Å². The van der Waals surface area contributed by atoms with Crippen LogP contribution in [0.4, 0.5) is 0 Å². The second-order valence-electron chi connectivity index (χ2n) is 3.10. The van der Waals surface area contributed by atoms with Gasteiger partial charge in [0.05, 0.1) is 0 Å². The molecular formula is C8H8ClN5OS. The zero-order valence-corrected chi connectivity index (χ0v) is 10.1. The Morgan fingerprint density at radius 2 is 2.31 bits per heavy atom. The van der Waals surface area contributed by atoms with Crippen molar-refractivity contribution < 1.29 is 0 Å². The normalized spacial score (nSPS) is 10.7. The monoisotopic (exact) mass is 257 g/mol. The van der Waals surface area contributed by atoms with Gasteiger partial charge in [-0.1, -0.05) is 0 Å². The summed E-state index contributed by atoms with van der Waals surface area (Å²) in [5.41, 5.74) is 0.616. The van der Waals surface area contributed by atoms with E-state index in [1.165, 1.54) is 16.3 Å². The summed E-state index contributed by atoms with van der Waals surface area (Å²) in [5.74, 6) is 0. The van der Waals surface area contributed by atoms with E-state index in [-0.39, 0.29) is 11.0 Å². The van der Waals surface area contributed by atoms with Crippen molar-refractivity contribution in [1.29, 1.82) is 0 Å². The van der Waals surface area contributed by atoms with Crippen LogP contribution in [0.5, 0.6) is 0 Å². The number of hydrogen-bond donors (Lipinski definition) is 1. The maximum absolute atomic E-state index is 11.2. The molecule has 8 heteroatoms. The molecule has 0 saturated heterocycles. The van der Waals surface area contributed by atoms with Crippen LogP contribution >= 0.6 is 23.4 Å². The van der Waals surface area contributed by atoms with Crippen molar-refractivity contribution in [3.8, 4) is 0 Å². The average molecular weight is 258 g/mol. The summed E-state index contributed by atoms with van der Waals surface area (Å²) in [6.45, 7) is 1.86. The van der Waals surface area contributed by atoms with Crippen LogP contribution in [0.2, 0.25) is 5.28 Å². The first-order valence-corrected chi connectivity index (χ1v) is 5.56. The second kappa shape index (κ2) is 4.26. The van der Waals surface area contributed by atoms with Crippen molar-refractivity contribution in [2.24, 2.45) is 7.05 Å². The third-order valence-electron chi connectivity index (χ3n) is 1.92. The molecule has 2 heterocycles. The van der Waals surface area contributed by atoms with E-state index in [4.69, 9.17) is 11.6 Å². The summed E-state index contributed by atoms with van der Waals surface area (Å²) in [5, 5.41) is 7.61. The molecular weight excluding hydrogens is 250 g/mol. The third kappa shape index (κ3) is 2.10. The highest BCUT2D eigenvalue weighted by Crippen LogP contribution is 2.25. The molecule has 1 N–H and O–H groups in total. The van der Waals surface area contributed by atoms with E-state index in [1.807, 2.05) is 6.92 Å². The van der Waals surface area contributed by atoms with Gasteiger partial charge in [-0.05, 0) is 30.3 Å². The molecule has 0 saturated carbocycles. The van der Waals surface area contributed by atoms with Crippen LogP contribution in [0.25, 0.3) is 0 Å². The predicted octanol–water partition coefficient (Wildman–Crippen LogP) is 1.01. The van der Waals surface area contributed by atoms with E-state index in [0.717, 1.165) is 5.56 Å². The Hall–Kier alpha value is -1.34. The number of nitrogens with one attached hydrogen (secondary N) is 1. The van der Waals surface area contributed by atoms with Crippen LogP contribution in [0.1, 0.15) is 5.56 Å². The summed E-state index contributed by atoms with van der Waals surface area (Å²) in [6.07, 6.45) is 1.63. The zero-order chi connectivity index (χ0) is 11.7. The highest BCUT2D eigenvalue weighted by molar-refractivity contribution is 7.99. The summed E-state index contributed by atoms with van der Waals surface area (Å²) >= 11 is 6.96. The molecule has 0 radical (unpaired) electrons. The molecule has 0 aliphatic heterocycles. The first kappa shape index (κ1) is 11.2. The first-order valence-electron chi connectivity index (χ1n) is 4.36. The molecule has 16 heavy (non-hydrogen) atoms. The SMILES string of the molecule is Cc1cnc(Cl)nc1Sc1n[nH]c(=O)n1C. The van der Waals surface area contributed by atoms with E-state index >= 15 is 0 Å². The van der Waals surface area contributed by atoms with Crippen molar-refractivity contribution in [1.82, 2.24) is 24.7 Å². The summed E-state index contributed by atoms with van der Waals surface area (Å²) < 4.78 is 1.40. The number of aromatic amines is 1. The lowest BCUT2D eigenvalue weighted by molar-refractivity contribution is 0.764. The summed E-state index contributed by atoms with van der Waals surface area (Å²) in [6, 6.07) is 0. The minimum absolute atomic E-state index is 0.175. The van der Waals surface area contributed by atoms with Crippen LogP contribution in [0, 0.1) is 6.92 Å². The van der Waals surface area contributed by atoms with Crippen LogP contribution < -0.4 is 5.69 Å². The lowest BCUT2D eigenvalue weighted by Gasteiger charge is -2.02. The molecule has 0 aliphatic carbocycles. The Labute approximate surface area is 100 Å². The quantitative estimate of drug-likeness (QED) is 0.642. The van der Waals surface area contributed by atoms with Gasteiger partial charge in [-0.3, -0.25) is 4.57 Å². The molecule has 2 aromatic rings. The lowest BCUT2D eigenvalue weighted by atomic mass is 10.4. The molecule has 0 aromatic carbocycles.